The second-order valence-electron chi connectivity index (χ2n) is 3.53. The number of hydrogen-bond donors (Lipinski definition) is 2. The van der Waals surface area contributed by atoms with Gasteiger partial charge in [0.25, 0.3) is 0 Å². The highest BCUT2D eigenvalue weighted by Gasteiger charge is 2.11. The van der Waals surface area contributed by atoms with Gasteiger partial charge in [0.05, 0.1) is 5.56 Å². The number of nitrogens with one attached hydrogen (secondary N) is 1. The van der Waals surface area contributed by atoms with Crippen molar-refractivity contribution in [3.05, 3.63) is 34.7 Å². The average molecular weight is 235 g/mol. The Balaban J connectivity index is 2.48. The van der Waals surface area contributed by atoms with E-state index in [1.165, 1.54) is 16.9 Å². The van der Waals surface area contributed by atoms with Gasteiger partial charge in [-0.1, -0.05) is 19.1 Å². The second kappa shape index (κ2) is 4.63. The summed E-state index contributed by atoms with van der Waals surface area (Å²) in [6.45, 7) is 3.76. The lowest BCUT2D eigenvalue weighted by Crippen LogP contribution is -2.11. The zero-order valence-electron chi connectivity index (χ0n) is 8.99. The summed E-state index contributed by atoms with van der Waals surface area (Å²) in [5.41, 5.74) is 1.56. The zero-order valence-corrected chi connectivity index (χ0v) is 9.80. The van der Waals surface area contributed by atoms with E-state index in [9.17, 15) is 4.79 Å². The summed E-state index contributed by atoms with van der Waals surface area (Å²) in [5, 5.41) is 15.4. The Bertz CT molecular complexity index is 519. The van der Waals surface area contributed by atoms with Gasteiger partial charge in [0, 0.05) is 11.2 Å². The largest absolute Gasteiger partial charge is 0.478 e. The molecular weight excluding hydrogens is 222 g/mol. The van der Waals surface area contributed by atoms with Crippen LogP contribution in [0.4, 0.5) is 0 Å². The van der Waals surface area contributed by atoms with E-state index >= 15 is 0 Å². The van der Waals surface area contributed by atoms with E-state index in [4.69, 9.17) is 5.11 Å². The number of hydrogen-bond acceptors (Lipinski definition) is 3. The summed E-state index contributed by atoms with van der Waals surface area (Å²) in [6, 6.07) is 5.43. The van der Waals surface area contributed by atoms with E-state index in [0.717, 1.165) is 23.2 Å². The van der Waals surface area contributed by atoms with Crippen molar-refractivity contribution in [1.82, 2.24) is 5.32 Å². The zero-order chi connectivity index (χ0) is 11.5. The number of thiophene rings is 1. The number of carboxylic acids is 1. The van der Waals surface area contributed by atoms with Crippen LogP contribution in [0.2, 0.25) is 0 Å². The van der Waals surface area contributed by atoms with Crippen LogP contribution < -0.4 is 5.32 Å². The fraction of sp³-hybridized carbons (Fsp3) is 0.250. The first-order valence-corrected chi connectivity index (χ1v) is 6.05. The van der Waals surface area contributed by atoms with E-state index in [1.54, 1.807) is 12.1 Å². The third kappa shape index (κ3) is 1.94. The molecule has 2 rings (SSSR count). The lowest BCUT2D eigenvalue weighted by molar-refractivity contribution is 0.0699. The van der Waals surface area contributed by atoms with Crippen LogP contribution in [0.5, 0.6) is 0 Å². The molecule has 1 aromatic carbocycles. The number of benzene rings is 1. The molecule has 4 heteroatoms. The van der Waals surface area contributed by atoms with Crippen molar-refractivity contribution in [2.24, 2.45) is 0 Å². The summed E-state index contributed by atoms with van der Waals surface area (Å²) in [7, 11) is 0. The molecule has 84 valence electrons. The van der Waals surface area contributed by atoms with Crippen LogP contribution in [0, 0.1) is 0 Å². The van der Waals surface area contributed by atoms with Gasteiger partial charge in [0.1, 0.15) is 0 Å². The molecule has 0 aliphatic heterocycles. The summed E-state index contributed by atoms with van der Waals surface area (Å²) < 4.78 is 0.864. The van der Waals surface area contributed by atoms with E-state index in [-0.39, 0.29) is 0 Å². The fourth-order valence-electron chi connectivity index (χ4n) is 1.68. The molecular formula is C12H13NO2S. The summed E-state index contributed by atoms with van der Waals surface area (Å²) in [4.78, 5) is 11.0. The Morgan fingerprint density at radius 3 is 3.00 bits per heavy atom. The predicted molar refractivity (Wildman–Crippen MR) is 66.2 cm³/mol. The Morgan fingerprint density at radius 2 is 2.31 bits per heavy atom. The Labute approximate surface area is 97.7 Å². The van der Waals surface area contributed by atoms with Gasteiger partial charge in [0.2, 0.25) is 0 Å². The minimum Gasteiger partial charge on any atom is -0.478 e. The summed E-state index contributed by atoms with van der Waals surface area (Å²) in [6.07, 6.45) is 0. The monoisotopic (exact) mass is 235 g/mol. The molecule has 2 aromatic rings. The highest BCUT2D eigenvalue weighted by Crippen LogP contribution is 2.29. The van der Waals surface area contributed by atoms with E-state index < -0.39 is 5.97 Å². The second-order valence-corrected chi connectivity index (χ2v) is 4.41. The lowest BCUT2D eigenvalue weighted by atomic mass is 10.1. The standard InChI is InChI=1S/C12H13NO2S/c1-2-13-6-8-7-16-11-9(8)4-3-5-10(11)12(14)15/h3-5,7,13H,2,6H2,1H3,(H,14,15). The van der Waals surface area contributed by atoms with Gasteiger partial charge in [-0.15, -0.1) is 11.3 Å². The van der Waals surface area contributed by atoms with Gasteiger partial charge in [-0.05, 0) is 28.9 Å². The molecule has 0 radical (unpaired) electrons. The number of aromatic carboxylic acids is 1. The van der Waals surface area contributed by atoms with Gasteiger partial charge in [0.15, 0.2) is 0 Å². The van der Waals surface area contributed by atoms with Crippen LogP contribution in [-0.2, 0) is 6.54 Å². The molecule has 0 unspecified atom stereocenters. The van der Waals surface area contributed by atoms with Crippen LogP contribution in [0.1, 0.15) is 22.8 Å². The lowest BCUT2D eigenvalue weighted by Gasteiger charge is -2.01. The molecule has 3 nitrogen and oxygen atoms in total. The highest BCUT2D eigenvalue weighted by molar-refractivity contribution is 7.17. The molecule has 16 heavy (non-hydrogen) atoms. The molecule has 0 spiro atoms. The number of carboxylic acid groups (broad SMARTS) is 1. The third-order valence-electron chi connectivity index (χ3n) is 2.48. The van der Waals surface area contributed by atoms with Gasteiger partial charge in [-0.2, -0.15) is 0 Å². The van der Waals surface area contributed by atoms with Crippen LogP contribution in [-0.4, -0.2) is 17.6 Å². The highest BCUT2D eigenvalue weighted by atomic mass is 32.1. The van der Waals surface area contributed by atoms with Crippen LogP contribution >= 0.6 is 11.3 Å². The normalized spacial score (nSPS) is 10.8. The average Bonchev–Trinajstić information content (AvgIpc) is 2.69. The molecule has 0 bridgehead atoms. The van der Waals surface area contributed by atoms with Crippen molar-refractivity contribution in [2.45, 2.75) is 13.5 Å². The Morgan fingerprint density at radius 1 is 1.50 bits per heavy atom. The van der Waals surface area contributed by atoms with Crippen LogP contribution in [0.15, 0.2) is 23.6 Å². The molecule has 0 saturated carbocycles. The quantitative estimate of drug-likeness (QED) is 0.856. The molecule has 1 heterocycles. The predicted octanol–water partition coefficient (Wildman–Crippen LogP) is 2.71. The van der Waals surface area contributed by atoms with E-state index in [1.807, 2.05) is 11.4 Å². The topological polar surface area (TPSA) is 49.3 Å². The molecule has 1 aromatic heterocycles. The molecule has 0 fully saturated rings. The smallest absolute Gasteiger partial charge is 0.337 e. The SMILES string of the molecule is CCNCc1csc2c(C(=O)O)cccc12. The van der Waals surface area contributed by atoms with E-state index in [2.05, 4.69) is 12.2 Å². The first kappa shape index (κ1) is 11.1. The van der Waals surface area contributed by atoms with Crippen molar-refractivity contribution in [2.75, 3.05) is 6.54 Å². The molecule has 0 aliphatic carbocycles. The third-order valence-corrected chi connectivity index (χ3v) is 3.55. The summed E-state index contributed by atoms with van der Waals surface area (Å²) >= 11 is 1.50. The minimum absolute atomic E-state index is 0.394. The molecule has 0 aliphatic rings. The molecule has 0 saturated heterocycles. The fourth-order valence-corrected chi connectivity index (χ4v) is 2.75. The van der Waals surface area contributed by atoms with Crippen LogP contribution in [0.25, 0.3) is 10.1 Å². The molecule has 0 amide bonds. The van der Waals surface area contributed by atoms with Crippen molar-refractivity contribution in [3.8, 4) is 0 Å². The maximum absolute atomic E-state index is 11.0. The van der Waals surface area contributed by atoms with Crippen molar-refractivity contribution < 1.29 is 9.90 Å². The Hall–Kier alpha value is -1.39. The minimum atomic E-state index is -0.859. The number of carbonyl (C=O) groups is 1. The maximum atomic E-state index is 11.0. The van der Waals surface area contributed by atoms with Gasteiger partial charge < -0.3 is 10.4 Å². The van der Waals surface area contributed by atoms with Crippen molar-refractivity contribution in [3.63, 3.8) is 0 Å². The van der Waals surface area contributed by atoms with Gasteiger partial charge in [-0.25, -0.2) is 4.79 Å². The van der Waals surface area contributed by atoms with Gasteiger partial charge in [-0.3, -0.25) is 0 Å². The van der Waals surface area contributed by atoms with Gasteiger partial charge >= 0.3 is 5.97 Å². The molecule has 2 N–H and O–H groups in total. The first-order valence-electron chi connectivity index (χ1n) is 5.17. The van der Waals surface area contributed by atoms with Crippen molar-refractivity contribution >= 4 is 27.4 Å². The van der Waals surface area contributed by atoms with Crippen LogP contribution in [0.3, 0.4) is 0 Å². The Kier molecular flexibility index (Phi) is 3.22. The molecule has 0 atom stereocenters. The van der Waals surface area contributed by atoms with Crippen molar-refractivity contribution in [1.29, 1.82) is 0 Å². The first-order chi connectivity index (χ1) is 7.74. The maximum Gasteiger partial charge on any atom is 0.337 e. The summed E-state index contributed by atoms with van der Waals surface area (Å²) in [5.74, 6) is -0.859. The number of fused-ring (bicyclic) bond motifs is 1. The van der Waals surface area contributed by atoms with E-state index in [0.29, 0.717) is 5.56 Å². The number of rotatable bonds is 4.